The monoisotopic (exact) mass is 386 g/mol. The molecule has 1 amide bonds. The number of amides is 1. The number of anilines is 2. The average molecular weight is 386 g/mol. The van der Waals surface area contributed by atoms with Gasteiger partial charge in [0.25, 0.3) is 5.91 Å². The minimum Gasteiger partial charge on any atom is -0.369 e. The van der Waals surface area contributed by atoms with Crippen molar-refractivity contribution in [3.8, 4) is 0 Å². The van der Waals surface area contributed by atoms with Gasteiger partial charge >= 0.3 is 0 Å². The topological polar surface area (TPSA) is 39.7 Å². The van der Waals surface area contributed by atoms with E-state index in [0.29, 0.717) is 5.69 Å². The van der Waals surface area contributed by atoms with Crippen LogP contribution >= 0.6 is 0 Å². The first-order valence-electron chi connectivity index (χ1n) is 10.0. The number of pyridine rings is 1. The first kappa shape index (κ1) is 19.2. The molecule has 2 aromatic carbocycles. The summed E-state index contributed by atoms with van der Waals surface area (Å²) in [7, 11) is 1.79. The zero-order chi connectivity index (χ0) is 20.1. The Balaban J connectivity index is 1.40. The molecule has 1 fully saturated rings. The lowest BCUT2D eigenvalue weighted by Gasteiger charge is -2.36. The van der Waals surface area contributed by atoms with Crippen LogP contribution < -0.4 is 9.80 Å². The molecule has 0 atom stereocenters. The summed E-state index contributed by atoms with van der Waals surface area (Å²) in [6, 6.07) is 24.1. The number of piperazine rings is 1. The van der Waals surface area contributed by atoms with Crippen LogP contribution in [0.5, 0.6) is 0 Å². The number of para-hydroxylation sites is 1. The van der Waals surface area contributed by atoms with Gasteiger partial charge in [-0.1, -0.05) is 48.5 Å². The normalized spacial score (nSPS) is 14.6. The molecular formula is C24H26N4O. The quantitative estimate of drug-likeness (QED) is 0.671. The highest BCUT2D eigenvalue weighted by molar-refractivity contribution is 6.04. The van der Waals surface area contributed by atoms with Crippen molar-refractivity contribution in [2.24, 2.45) is 0 Å². The van der Waals surface area contributed by atoms with Crippen molar-refractivity contribution >= 4 is 17.3 Å². The van der Waals surface area contributed by atoms with Crippen molar-refractivity contribution in [3.63, 3.8) is 0 Å². The van der Waals surface area contributed by atoms with Crippen molar-refractivity contribution < 1.29 is 4.79 Å². The predicted molar refractivity (Wildman–Crippen MR) is 117 cm³/mol. The number of rotatable bonds is 5. The molecule has 148 valence electrons. The fourth-order valence-electron chi connectivity index (χ4n) is 3.68. The summed E-state index contributed by atoms with van der Waals surface area (Å²) in [5.41, 5.74) is 3.74. The van der Waals surface area contributed by atoms with E-state index in [9.17, 15) is 4.79 Å². The van der Waals surface area contributed by atoms with Crippen LogP contribution in [0.25, 0.3) is 0 Å². The number of carbonyl (C=O) groups is 1. The van der Waals surface area contributed by atoms with Gasteiger partial charge in [0.2, 0.25) is 0 Å². The lowest BCUT2D eigenvalue weighted by atomic mass is 10.2. The van der Waals surface area contributed by atoms with Crippen LogP contribution in [-0.2, 0) is 6.54 Å². The molecule has 1 aromatic heterocycles. The van der Waals surface area contributed by atoms with Gasteiger partial charge in [0.05, 0.1) is 0 Å². The van der Waals surface area contributed by atoms with Crippen LogP contribution in [0.2, 0.25) is 0 Å². The molecule has 5 heteroatoms. The molecule has 5 nitrogen and oxygen atoms in total. The second kappa shape index (κ2) is 8.88. The van der Waals surface area contributed by atoms with Crippen LogP contribution in [-0.4, -0.2) is 49.0 Å². The SMILES string of the molecule is CN(C(=O)c1cc(N2CCN(Cc3ccccc3)CC2)ccn1)c1ccccc1. The van der Waals surface area contributed by atoms with E-state index in [-0.39, 0.29) is 5.91 Å². The Morgan fingerprint density at radius 1 is 0.931 bits per heavy atom. The predicted octanol–water partition coefficient (Wildman–Crippen LogP) is 3.68. The molecule has 3 aromatic rings. The molecule has 0 aliphatic carbocycles. The van der Waals surface area contributed by atoms with E-state index in [0.717, 1.165) is 44.1 Å². The molecule has 0 unspecified atom stereocenters. The largest absolute Gasteiger partial charge is 0.369 e. The van der Waals surface area contributed by atoms with Crippen molar-refractivity contribution in [1.29, 1.82) is 0 Å². The maximum atomic E-state index is 12.9. The number of nitrogens with zero attached hydrogens (tertiary/aromatic N) is 4. The van der Waals surface area contributed by atoms with Gasteiger partial charge in [-0.05, 0) is 29.8 Å². The van der Waals surface area contributed by atoms with Gasteiger partial charge in [-0.2, -0.15) is 0 Å². The molecule has 0 spiro atoms. The van der Waals surface area contributed by atoms with Gasteiger partial charge < -0.3 is 9.80 Å². The third-order valence-electron chi connectivity index (χ3n) is 5.40. The van der Waals surface area contributed by atoms with Crippen LogP contribution in [0.3, 0.4) is 0 Å². The maximum Gasteiger partial charge on any atom is 0.276 e. The van der Waals surface area contributed by atoms with Gasteiger partial charge in [-0.25, -0.2) is 0 Å². The third kappa shape index (κ3) is 4.63. The van der Waals surface area contributed by atoms with Crippen molar-refractivity contribution in [3.05, 3.63) is 90.3 Å². The standard InChI is InChI=1S/C24H26N4O/c1-26(21-10-6-3-7-11-21)24(29)23-18-22(12-13-25-23)28-16-14-27(15-17-28)19-20-8-4-2-5-9-20/h2-13,18H,14-17,19H2,1H3. The molecule has 4 rings (SSSR count). The summed E-state index contributed by atoms with van der Waals surface area (Å²) in [5.74, 6) is -0.0965. The molecule has 0 N–H and O–H groups in total. The highest BCUT2D eigenvalue weighted by atomic mass is 16.2. The van der Waals surface area contributed by atoms with Gasteiger partial charge in [0, 0.05) is 57.3 Å². The Labute approximate surface area is 172 Å². The molecule has 29 heavy (non-hydrogen) atoms. The van der Waals surface area contributed by atoms with Gasteiger partial charge in [0.15, 0.2) is 0 Å². The van der Waals surface area contributed by atoms with Crippen LogP contribution in [0.4, 0.5) is 11.4 Å². The first-order chi connectivity index (χ1) is 14.2. The smallest absolute Gasteiger partial charge is 0.276 e. The number of benzene rings is 2. The van der Waals surface area contributed by atoms with E-state index in [1.54, 1.807) is 18.1 Å². The lowest BCUT2D eigenvalue weighted by molar-refractivity contribution is 0.0988. The molecule has 0 radical (unpaired) electrons. The molecule has 0 saturated carbocycles. The summed E-state index contributed by atoms with van der Waals surface area (Å²) >= 11 is 0. The fourth-order valence-corrected chi connectivity index (χ4v) is 3.68. The molecule has 1 aliphatic rings. The Kier molecular flexibility index (Phi) is 5.86. The van der Waals surface area contributed by atoms with Crippen molar-refractivity contribution in [1.82, 2.24) is 9.88 Å². The van der Waals surface area contributed by atoms with Crippen molar-refractivity contribution in [2.75, 3.05) is 43.0 Å². The fraction of sp³-hybridized carbons (Fsp3) is 0.250. The Morgan fingerprint density at radius 2 is 1.59 bits per heavy atom. The van der Waals surface area contributed by atoms with E-state index in [1.807, 2.05) is 42.5 Å². The summed E-state index contributed by atoms with van der Waals surface area (Å²) in [5, 5.41) is 0. The maximum absolute atomic E-state index is 12.9. The second-order valence-electron chi connectivity index (χ2n) is 7.35. The van der Waals surface area contributed by atoms with Gasteiger partial charge in [-0.15, -0.1) is 0 Å². The molecule has 2 heterocycles. The Bertz CT molecular complexity index is 937. The Hall–Kier alpha value is -3.18. The van der Waals surface area contributed by atoms with E-state index >= 15 is 0 Å². The van der Waals surface area contributed by atoms with E-state index in [2.05, 4.69) is 45.1 Å². The zero-order valence-electron chi connectivity index (χ0n) is 16.7. The van der Waals surface area contributed by atoms with E-state index in [1.165, 1.54) is 5.56 Å². The van der Waals surface area contributed by atoms with Crippen LogP contribution in [0.15, 0.2) is 79.0 Å². The summed E-state index contributed by atoms with van der Waals surface area (Å²) < 4.78 is 0. The summed E-state index contributed by atoms with van der Waals surface area (Å²) in [6.07, 6.45) is 1.73. The van der Waals surface area contributed by atoms with Crippen LogP contribution in [0, 0.1) is 0 Å². The van der Waals surface area contributed by atoms with Gasteiger partial charge in [-0.3, -0.25) is 14.7 Å². The van der Waals surface area contributed by atoms with E-state index in [4.69, 9.17) is 0 Å². The Morgan fingerprint density at radius 3 is 2.28 bits per heavy atom. The summed E-state index contributed by atoms with van der Waals surface area (Å²) in [4.78, 5) is 23.6. The van der Waals surface area contributed by atoms with Crippen LogP contribution in [0.1, 0.15) is 16.1 Å². The first-order valence-corrected chi connectivity index (χ1v) is 10.0. The molecule has 1 saturated heterocycles. The lowest BCUT2D eigenvalue weighted by Crippen LogP contribution is -2.46. The number of aromatic nitrogens is 1. The molecular weight excluding hydrogens is 360 g/mol. The second-order valence-corrected chi connectivity index (χ2v) is 7.35. The minimum absolute atomic E-state index is 0.0965. The molecule has 0 bridgehead atoms. The van der Waals surface area contributed by atoms with Crippen molar-refractivity contribution in [2.45, 2.75) is 6.54 Å². The number of carbonyl (C=O) groups excluding carboxylic acids is 1. The number of hydrogen-bond donors (Lipinski definition) is 0. The number of hydrogen-bond acceptors (Lipinski definition) is 4. The zero-order valence-corrected chi connectivity index (χ0v) is 16.7. The van der Waals surface area contributed by atoms with Gasteiger partial charge in [0.1, 0.15) is 5.69 Å². The molecule has 1 aliphatic heterocycles. The van der Waals surface area contributed by atoms with E-state index < -0.39 is 0 Å². The minimum atomic E-state index is -0.0965. The third-order valence-corrected chi connectivity index (χ3v) is 5.40. The average Bonchev–Trinajstić information content (AvgIpc) is 2.80. The highest BCUT2D eigenvalue weighted by Crippen LogP contribution is 2.20. The summed E-state index contributed by atoms with van der Waals surface area (Å²) in [6.45, 7) is 4.88. The highest BCUT2D eigenvalue weighted by Gasteiger charge is 2.20.